The van der Waals surface area contributed by atoms with Crippen molar-refractivity contribution >= 4 is 10.9 Å². The van der Waals surface area contributed by atoms with E-state index in [1.54, 1.807) is 7.11 Å². The minimum Gasteiger partial charge on any atom is -0.495 e. The Morgan fingerprint density at radius 2 is 2.22 bits per heavy atom. The zero-order chi connectivity index (χ0) is 12.7. The van der Waals surface area contributed by atoms with Crippen molar-refractivity contribution in [2.45, 2.75) is 32.2 Å². The van der Waals surface area contributed by atoms with Gasteiger partial charge in [-0.05, 0) is 56.5 Å². The van der Waals surface area contributed by atoms with Crippen LogP contribution in [-0.2, 0) is 6.42 Å². The highest BCUT2D eigenvalue weighted by atomic mass is 16.5. The van der Waals surface area contributed by atoms with Crippen LogP contribution >= 0.6 is 0 Å². The number of rotatable bonds is 2. The van der Waals surface area contributed by atoms with E-state index in [2.05, 4.69) is 29.4 Å². The fourth-order valence-electron chi connectivity index (χ4n) is 3.15. The van der Waals surface area contributed by atoms with Crippen LogP contribution in [0.25, 0.3) is 10.9 Å². The fourth-order valence-corrected chi connectivity index (χ4v) is 3.15. The molecule has 1 unspecified atom stereocenters. The Bertz CT molecular complexity index is 586. The molecule has 0 spiro atoms. The van der Waals surface area contributed by atoms with E-state index in [-0.39, 0.29) is 0 Å². The molecule has 2 aromatic rings. The van der Waals surface area contributed by atoms with Gasteiger partial charge >= 0.3 is 0 Å². The summed E-state index contributed by atoms with van der Waals surface area (Å²) in [5.74, 6) is 0.953. The van der Waals surface area contributed by atoms with Gasteiger partial charge in [-0.25, -0.2) is 0 Å². The summed E-state index contributed by atoms with van der Waals surface area (Å²) in [6.45, 7) is 2.12. The molecule has 1 atom stereocenters. The smallest absolute Gasteiger partial charge is 0.143 e. The Balaban J connectivity index is 2.30. The first-order valence-corrected chi connectivity index (χ1v) is 6.61. The van der Waals surface area contributed by atoms with Gasteiger partial charge in [0, 0.05) is 17.1 Å². The van der Waals surface area contributed by atoms with Crippen molar-refractivity contribution in [2.75, 3.05) is 14.2 Å². The van der Waals surface area contributed by atoms with Crippen molar-refractivity contribution in [1.82, 2.24) is 10.3 Å². The lowest BCUT2D eigenvalue weighted by Crippen LogP contribution is -2.20. The quantitative estimate of drug-likeness (QED) is 0.851. The molecule has 1 heterocycles. The Morgan fingerprint density at radius 3 is 2.94 bits per heavy atom. The second-order valence-electron chi connectivity index (χ2n) is 5.14. The highest BCUT2D eigenvalue weighted by Crippen LogP contribution is 2.39. The van der Waals surface area contributed by atoms with Gasteiger partial charge in [-0.15, -0.1) is 0 Å². The Labute approximate surface area is 108 Å². The lowest BCUT2D eigenvalue weighted by atomic mass is 9.90. The fraction of sp³-hybridized carbons (Fsp3) is 0.467. The van der Waals surface area contributed by atoms with Crippen molar-refractivity contribution in [3.63, 3.8) is 0 Å². The summed E-state index contributed by atoms with van der Waals surface area (Å²) in [4.78, 5) is 3.56. The van der Waals surface area contributed by atoms with Gasteiger partial charge in [0.2, 0.25) is 0 Å². The van der Waals surface area contributed by atoms with E-state index in [4.69, 9.17) is 4.74 Å². The number of fused-ring (bicyclic) bond motifs is 3. The Kier molecular flexibility index (Phi) is 2.78. The number of aryl methyl sites for hydroxylation is 2. The summed E-state index contributed by atoms with van der Waals surface area (Å²) in [6.07, 6.45) is 3.60. The number of aromatic amines is 1. The highest BCUT2D eigenvalue weighted by Gasteiger charge is 2.24. The molecule has 1 aromatic carbocycles. The molecular formula is C15H20N2O. The highest BCUT2D eigenvalue weighted by molar-refractivity contribution is 5.91. The third kappa shape index (κ3) is 1.62. The molecule has 18 heavy (non-hydrogen) atoms. The van der Waals surface area contributed by atoms with Crippen LogP contribution in [0.3, 0.4) is 0 Å². The average Bonchev–Trinajstić information content (AvgIpc) is 2.76. The first-order chi connectivity index (χ1) is 8.74. The second-order valence-corrected chi connectivity index (χ2v) is 5.14. The van der Waals surface area contributed by atoms with E-state index in [9.17, 15) is 0 Å². The van der Waals surface area contributed by atoms with Crippen LogP contribution in [0.1, 0.15) is 35.7 Å². The second kappa shape index (κ2) is 4.32. The van der Waals surface area contributed by atoms with Gasteiger partial charge in [0.15, 0.2) is 0 Å². The molecule has 0 radical (unpaired) electrons. The predicted molar refractivity (Wildman–Crippen MR) is 74.3 cm³/mol. The van der Waals surface area contributed by atoms with E-state index < -0.39 is 0 Å². The maximum atomic E-state index is 5.50. The molecule has 1 aromatic heterocycles. The number of aromatic nitrogens is 1. The van der Waals surface area contributed by atoms with Crippen LogP contribution in [-0.4, -0.2) is 19.1 Å². The average molecular weight is 244 g/mol. The van der Waals surface area contributed by atoms with E-state index >= 15 is 0 Å². The summed E-state index contributed by atoms with van der Waals surface area (Å²) >= 11 is 0. The molecule has 0 aliphatic heterocycles. The summed E-state index contributed by atoms with van der Waals surface area (Å²) in [6, 6.07) is 4.83. The molecule has 0 saturated carbocycles. The van der Waals surface area contributed by atoms with Crippen LogP contribution in [0.15, 0.2) is 12.1 Å². The predicted octanol–water partition coefficient (Wildman–Crippen LogP) is 3.08. The maximum Gasteiger partial charge on any atom is 0.143 e. The van der Waals surface area contributed by atoms with E-state index in [0.29, 0.717) is 6.04 Å². The van der Waals surface area contributed by atoms with E-state index in [0.717, 1.165) is 17.7 Å². The van der Waals surface area contributed by atoms with Crippen LogP contribution in [0.5, 0.6) is 5.75 Å². The zero-order valence-electron chi connectivity index (χ0n) is 11.3. The van der Waals surface area contributed by atoms with Gasteiger partial charge in [-0.2, -0.15) is 0 Å². The molecule has 0 bridgehead atoms. The molecule has 3 heteroatoms. The summed E-state index contributed by atoms with van der Waals surface area (Å²) < 4.78 is 5.50. The van der Waals surface area contributed by atoms with Gasteiger partial charge < -0.3 is 15.0 Å². The lowest BCUT2D eigenvalue weighted by Gasteiger charge is -2.22. The number of ether oxygens (including phenoxy) is 1. The molecule has 3 rings (SSSR count). The normalized spacial score (nSPS) is 18.9. The number of nitrogens with one attached hydrogen (secondary N) is 2. The van der Waals surface area contributed by atoms with Gasteiger partial charge in [0.25, 0.3) is 0 Å². The topological polar surface area (TPSA) is 37.0 Å². The number of hydrogen-bond acceptors (Lipinski definition) is 2. The zero-order valence-corrected chi connectivity index (χ0v) is 11.3. The minimum absolute atomic E-state index is 0.467. The standard InChI is InChI=1S/C15H20N2O/c1-9-7-10-14-11(16-2)5-4-6-12(14)17-15(10)13(8-9)18-3/h7-8,11,16-17H,4-6H2,1-3H3. The molecule has 0 amide bonds. The van der Waals surface area contributed by atoms with Crippen LogP contribution in [0.4, 0.5) is 0 Å². The minimum atomic E-state index is 0.467. The summed E-state index contributed by atoms with van der Waals surface area (Å²) in [5.41, 5.74) is 5.22. The van der Waals surface area contributed by atoms with E-state index in [1.165, 1.54) is 35.0 Å². The van der Waals surface area contributed by atoms with Crippen molar-refractivity contribution in [3.05, 3.63) is 29.0 Å². The third-order valence-electron chi connectivity index (χ3n) is 3.97. The number of benzene rings is 1. The number of H-pyrrole nitrogens is 1. The van der Waals surface area contributed by atoms with Crippen molar-refractivity contribution < 1.29 is 4.74 Å². The van der Waals surface area contributed by atoms with Crippen molar-refractivity contribution in [1.29, 1.82) is 0 Å². The monoisotopic (exact) mass is 244 g/mol. The van der Waals surface area contributed by atoms with Crippen molar-refractivity contribution in [3.8, 4) is 5.75 Å². The first kappa shape index (κ1) is 11.6. The lowest BCUT2D eigenvalue weighted by molar-refractivity contribution is 0.418. The molecular weight excluding hydrogens is 224 g/mol. The molecule has 1 aliphatic carbocycles. The van der Waals surface area contributed by atoms with Gasteiger partial charge in [0.05, 0.1) is 12.6 Å². The van der Waals surface area contributed by atoms with Gasteiger partial charge in [-0.1, -0.05) is 0 Å². The molecule has 2 N–H and O–H groups in total. The Morgan fingerprint density at radius 1 is 1.39 bits per heavy atom. The Hall–Kier alpha value is -1.48. The third-order valence-corrected chi connectivity index (χ3v) is 3.97. The van der Waals surface area contributed by atoms with Gasteiger partial charge in [0.1, 0.15) is 5.75 Å². The molecule has 0 saturated heterocycles. The molecule has 0 fully saturated rings. The van der Waals surface area contributed by atoms with Crippen LogP contribution < -0.4 is 10.1 Å². The summed E-state index contributed by atoms with van der Waals surface area (Å²) in [7, 11) is 3.79. The van der Waals surface area contributed by atoms with Crippen LogP contribution in [0.2, 0.25) is 0 Å². The van der Waals surface area contributed by atoms with Crippen LogP contribution in [0, 0.1) is 6.92 Å². The summed E-state index contributed by atoms with van der Waals surface area (Å²) in [5, 5.41) is 4.75. The SMILES string of the molecule is CNC1CCCc2[nH]c3c(OC)cc(C)cc3c21. The van der Waals surface area contributed by atoms with Crippen molar-refractivity contribution in [2.24, 2.45) is 0 Å². The van der Waals surface area contributed by atoms with E-state index in [1.807, 2.05) is 7.05 Å². The maximum absolute atomic E-state index is 5.50. The first-order valence-electron chi connectivity index (χ1n) is 6.61. The number of methoxy groups -OCH3 is 1. The van der Waals surface area contributed by atoms with Gasteiger partial charge in [-0.3, -0.25) is 0 Å². The molecule has 1 aliphatic rings. The number of hydrogen-bond donors (Lipinski definition) is 2. The molecule has 3 nitrogen and oxygen atoms in total. The molecule has 96 valence electrons. The largest absolute Gasteiger partial charge is 0.495 e.